The highest BCUT2D eigenvalue weighted by molar-refractivity contribution is 9.11. The summed E-state index contributed by atoms with van der Waals surface area (Å²) in [4.78, 5) is 52.9. The van der Waals surface area contributed by atoms with Gasteiger partial charge in [0.25, 0.3) is 0 Å². The van der Waals surface area contributed by atoms with Gasteiger partial charge in [-0.25, -0.2) is 4.90 Å². The molecule has 5 aliphatic rings. The summed E-state index contributed by atoms with van der Waals surface area (Å²) >= 11 is 3.43. The van der Waals surface area contributed by atoms with Crippen LogP contribution in [0, 0.1) is 23.2 Å². The summed E-state index contributed by atoms with van der Waals surface area (Å²) in [5.41, 5.74) is -0.314. The fraction of sp³-hybridized carbons (Fsp3) is 0.200. The predicted octanol–water partition coefficient (Wildman–Crippen LogP) is 2.34. The zero-order valence-corrected chi connectivity index (χ0v) is 15.0. The molecule has 0 saturated carbocycles. The van der Waals surface area contributed by atoms with Crippen molar-refractivity contribution in [1.29, 1.82) is 0 Å². The first kappa shape index (κ1) is 15.6. The van der Waals surface area contributed by atoms with Crippen molar-refractivity contribution in [2.45, 2.75) is 0 Å². The molecule has 1 aromatic carbocycles. The smallest absolute Gasteiger partial charge is 0.239 e. The van der Waals surface area contributed by atoms with E-state index in [-0.39, 0.29) is 29.0 Å². The maximum Gasteiger partial charge on any atom is 0.239 e. The van der Waals surface area contributed by atoms with Crippen LogP contribution in [-0.2, 0) is 19.2 Å². The van der Waals surface area contributed by atoms with Gasteiger partial charge in [-0.1, -0.05) is 46.3 Å². The first-order valence-electron chi connectivity index (χ1n) is 8.27. The second kappa shape index (κ2) is 4.98. The number of imide groups is 1. The lowest BCUT2D eigenvalue weighted by Gasteiger charge is -2.37. The highest BCUT2D eigenvalue weighted by Gasteiger charge is 2.66. The molecule has 2 bridgehead atoms. The number of allylic oxidation sites excluding steroid dienone is 6. The molecule has 1 aliphatic heterocycles. The molecular formula is C20H12BrNO4. The number of fused-ring (bicyclic) bond motifs is 1. The Hall–Kier alpha value is -2.60. The third kappa shape index (κ3) is 1.65. The maximum atomic E-state index is 13.4. The van der Waals surface area contributed by atoms with Crippen LogP contribution >= 0.6 is 15.9 Å². The van der Waals surface area contributed by atoms with Crippen molar-refractivity contribution in [2.75, 3.05) is 4.90 Å². The third-order valence-corrected chi connectivity index (χ3v) is 6.67. The lowest BCUT2D eigenvalue weighted by atomic mass is 9.62. The van der Waals surface area contributed by atoms with E-state index < -0.39 is 23.2 Å². The molecular weight excluding hydrogens is 398 g/mol. The average Bonchev–Trinajstić information content (AvgIpc) is 2.91. The van der Waals surface area contributed by atoms with Crippen LogP contribution in [0.15, 0.2) is 64.7 Å². The highest BCUT2D eigenvalue weighted by atomic mass is 79.9. The lowest BCUT2D eigenvalue weighted by molar-refractivity contribution is -0.128. The van der Waals surface area contributed by atoms with Gasteiger partial charge in [0.05, 0.1) is 28.9 Å². The van der Waals surface area contributed by atoms with Crippen LogP contribution in [0.4, 0.5) is 5.69 Å². The SMILES string of the molecule is O=C1C=C(Br)[C@]23C=C[C@H](C(=O)C=C12)[C@H]1C(=O)N(c2ccccc2)C(=O)[C@H]13. The van der Waals surface area contributed by atoms with Gasteiger partial charge >= 0.3 is 0 Å². The number of benzene rings is 1. The summed E-state index contributed by atoms with van der Waals surface area (Å²) in [5.74, 6) is -3.69. The molecule has 4 aliphatic carbocycles. The summed E-state index contributed by atoms with van der Waals surface area (Å²) < 4.78 is 0.525. The van der Waals surface area contributed by atoms with Gasteiger partial charge in [0.2, 0.25) is 11.8 Å². The molecule has 0 N–H and O–H groups in total. The number of halogens is 1. The molecule has 4 atom stereocenters. The Morgan fingerprint density at radius 2 is 1.69 bits per heavy atom. The zero-order valence-electron chi connectivity index (χ0n) is 13.4. The highest BCUT2D eigenvalue weighted by Crippen LogP contribution is 2.61. The molecule has 6 heteroatoms. The Bertz CT molecular complexity index is 1010. The molecule has 1 heterocycles. The van der Waals surface area contributed by atoms with E-state index >= 15 is 0 Å². The summed E-state index contributed by atoms with van der Waals surface area (Å²) in [5, 5.41) is 0. The van der Waals surface area contributed by atoms with Crippen molar-refractivity contribution < 1.29 is 19.2 Å². The molecule has 1 saturated heterocycles. The Morgan fingerprint density at radius 3 is 2.42 bits per heavy atom. The minimum absolute atomic E-state index is 0.275. The van der Waals surface area contributed by atoms with Crippen LogP contribution in [0.5, 0.6) is 0 Å². The van der Waals surface area contributed by atoms with Crippen molar-refractivity contribution in [3.8, 4) is 0 Å². The Kier molecular flexibility index (Phi) is 2.99. The minimum atomic E-state index is -1.07. The van der Waals surface area contributed by atoms with Crippen LogP contribution in [-0.4, -0.2) is 23.4 Å². The number of para-hydroxylation sites is 1. The van der Waals surface area contributed by atoms with Gasteiger partial charge in [-0.05, 0) is 24.3 Å². The quantitative estimate of drug-likeness (QED) is 0.527. The maximum absolute atomic E-state index is 13.4. The summed E-state index contributed by atoms with van der Waals surface area (Å²) in [6.45, 7) is 0. The van der Waals surface area contributed by atoms with Gasteiger partial charge in [0, 0.05) is 10.1 Å². The monoisotopic (exact) mass is 409 g/mol. The molecule has 2 amide bonds. The Morgan fingerprint density at radius 1 is 0.962 bits per heavy atom. The standard InChI is InChI=1S/C20H12BrNO4/c21-15-9-14(24)12-8-13(23)11-6-7-20(12,15)17-16(11)18(25)22(19(17)26)10-4-2-1-3-5-10/h1-9,11,16-17H/t11-,16-,17+,20+/m1/s1. The largest absolute Gasteiger partial charge is 0.294 e. The summed E-state index contributed by atoms with van der Waals surface area (Å²) in [6.07, 6.45) is 6.15. The second-order valence-corrected chi connectivity index (χ2v) is 7.78. The molecule has 6 rings (SSSR count). The first-order valence-corrected chi connectivity index (χ1v) is 9.06. The van der Waals surface area contributed by atoms with Gasteiger partial charge in [0.15, 0.2) is 11.6 Å². The number of nitrogens with zero attached hydrogens (tertiary/aromatic N) is 1. The van der Waals surface area contributed by atoms with E-state index in [9.17, 15) is 19.2 Å². The van der Waals surface area contributed by atoms with E-state index in [2.05, 4.69) is 15.9 Å². The van der Waals surface area contributed by atoms with Gasteiger partial charge in [-0.15, -0.1) is 0 Å². The van der Waals surface area contributed by atoms with Crippen molar-refractivity contribution in [3.05, 3.63) is 64.7 Å². The third-order valence-electron chi connectivity index (χ3n) is 5.79. The van der Waals surface area contributed by atoms with Crippen LogP contribution in [0.2, 0.25) is 0 Å². The van der Waals surface area contributed by atoms with E-state index in [0.29, 0.717) is 10.2 Å². The number of carbonyl (C=O) groups excluding carboxylic acids is 4. The Labute approximate surface area is 157 Å². The molecule has 0 radical (unpaired) electrons. The number of amides is 2. The number of anilines is 1. The van der Waals surface area contributed by atoms with Crippen LogP contribution in [0.1, 0.15) is 0 Å². The van der Waals surface area contributed by atoms with Gasteiger partial charge < -0.3 is 0 Å². The number of hydrogen-bond acceptors (Lipinski definition) is 4. The summed E-state index contributed by atoms with van der Waals surface area (Å²) in [6, 6.07) is 8.69. The van der Waals surface area contributed by atoms with Crippen LogP contribution in [0.3, 0.4) is 0 Å². The zero-order chi connectivity index (χ0) is 18.2. The normalized spacial score (nSPS) is 34.7. The molecule has 0 aromatic heterocycles. The molecule has 1 spiro atoms. The molecule has 26 heavy (non-hydrogen) atoms. The molecule has 1 aromatic rings. The van der Waals surface area contributed by atoms with Crippen molar-refractivity contribution in [2.24, 2.45) is 23.2 Å². The molecule has 5 nitrogen and oxygen atoms in total. The number of ketones is 2. The summed E-state index contributed by atoms with van der Waals surface area (Å²) in [7, 11) is 0. The van der Waals surface area contributed by atoms with Crippen LogP contribution in [0.25, 0.3) is 0 Å². The topological polar surface area (TPSA) is 71.5 Å². The fourth-order valence-electron chi connectivity index (χ4n) is 4.67. The fourth-order valence-corrected chi connectivity index (χ4v) is 5.47. The van der Waals surface area contributed by atoms with E-state index in [0.717, 1.165) is 4.90 Å². The first-order chi connectivity index (χ1) is 12.5. The number of hydrogen-bond donors (Lipinski definition) is 0. The van der Waals surface area contributed by atoms with Crippen molar-refractivity contribution in [3.63, 3.8) is 0 Å². The average molecular weight is 410 g/mol. The van der Waals surface area contributed by atoms with E-state index in [1.54, 1.807) is 42.5 Å². The van der Waals surface area contributed by atoms with Gasteiger partial charge in [0.1, 0.15) is 0 Å². The number of carbonyl (C=O) groups is 4. The van der Waals surface area contributed by atoms with Crippen molar-refractivity contribution >= 4 is 45.0 Å². The van der Waals surface area contributed by atoms with E-state index in [1.807, 2.05) is 0 Å². The van der Waals surface area contributed by atoms with Crippen molar-refractivity contribution in [1.82, 2.24) is 0 Å². The lowest BCUT2D eigenvalue weighted by Crippen LogP contribution is -2.42. The molecule has 128 valence electrons. The second-order valence-electron chi connectivity index (χ2n) is 6.92. The number of rotatable bonds is 1. The van der Waals surface area contributed by atoms with E-state index in [4.69, 9.17) is 0 Å². The Balaban J connectivity index is 1.75. The van der Waals surface area contributed by atoms with Gasteiger partial charge in [-0.2, -0.15) is 0 Å². The molecule has 0 unspecified atom stereocenters. The van der Waals surface area contributed by atoms with E-state index in [1.165, 1.54) is 12.2 Å². The molecule has 1 fully saturated rings. The predicted molar refractivity (Wildman–Crippen MR) is 96.1 cm³/mol. The minimum Gasteiger partial charge on any atom is -0.294 e. The van der Waals surface area contributed by atoms with Gasteiger partial charge in [-0.3, -0.25) is 19.2 Å². The van der Waals surface area contributed by atoms with Crippen LogP contribution < -0.4 is 4.90 Å².